The topological polar surface area (TPSA) is 52.3 Å². The maximum Gasteiger partial charge on any atom is 0.404 e. The van der Waals surface area contributed by atoms with E-state index in [1.54, 1.807) is 0 Å². The third kappa shape index (κ3) is 2.89. The third-order valence-corrected chi connectivity index (χ3v) is 1.45. The molecule has 3 nitrogen and oxygen atoms in total. The molecule has 0 unspecified atom stereocenters. The number of ether oxygens (including phenoxy) is 1. The summed E-state index contributed by atoms with van der Waals surface area (Å²) in [4.78, 5) is 10.2. The van der Waals surface area contributed by atoms with Gasteiger partial charge in [0.1, 0.15) is 6.61 Å². The van der Waals surface area contributed by atoms with E-state index in [4.69, 9.17) is 5.73 Å². The van der Waals surface area contributed by atoms with Crippen molar-refractivity contribution in [3.8, 4) is 0 Å². The first-order chi connectivity index (χ1) is 5.29. The van der Waals surface area contributed by atoms with Crippen molar-refractivity contribution in [1.82, 2.24) is 0 Å². The Morgan fingerprint density at radius 1 is 1.64 bits per heavy atom. The molecule has 0 aliphatic heterocycles. The maximum atomic E-state index is 10.2. The molecule has 1 amide bonds. The van der Waals surface area contributed by atoms with Crippen molar-refractivity contribution in [3.05, 3.63) is 23.8 Å². The number of hydrogen-bond donors (Lipinski definition) is 1. The number of primary amides is 1. The van der Waals surface area contributed by atoms with E-state index in [1.165, 1.54) is 0 Å². The molecule has 0 heterocycles. The predicted octanol–water partition coefficient (Wildman–Crippen LogP) is 1.36. The Labute approximate surface area is 65.5 Å². The van der Waals surface area contributed by atoms with Crippen LogP contribution < -0.4 is 5.73 Å². The standard InChI is InChI=1S/C8H11NO2/c9-8(10)11-6-7-4-2-1-3-5-7/h2,4-5H,1,3,6H2,(H2,9,10). The SMILES string of the molecule is NC(=O)OCC1=CCCC=C1. The van der Waals surface area contributed by atoms with Gasteiger partial charge in [0.25, 0.3) is 0 Å². The van der Waals surface area contributed by atoms with Crippen LogP contribution in [-0.2, 0) is 4.74 Å². The predicted molar refractivity (Wildman–Crippen MR) is 42.0 cm³/mol. The Kier molecular flexibility index (Phi) is 2.72. The number of hydrogen-bond acceptors (Lipinski definition) is 2. The molecule has 0 aromatic rings. The van der Waals surface area contributed by atoms with E-state index >= 15 is 0 Å². The Balaban J connectivity index is 2.31. The summed E-state index contributed by atoms with van der Waals surface area (Å²) in [6, 6.07) is 0. The first kappa shape index (κ1) is 7.85. The fourth-order valence-electron chi connectivity index (χ4n) is 0.929. The van der Waals surface area contributed by atoms with Crippen LogP contribution in [0.5, 0.6) is 0 Å². The van der Waals surface area contributed by atoms with E-state index in [2.05, 4.69) is 10.8 Å². The number of allylic oxidation sites excluding steroid dienone is 2. The van der Waals surface area contributed by atoms with Gasteiger partial charge in [0, 0.05) is 0 Å². The molecule has 11 heavy (non-hydrogen) atoms. The van der Waals surface area contributed by atoms with E-state index in [0.29, 0.717) is 6.61 Å². The second-order valence-electron chi connectivity index (χ2n) is 2.37. The van der Waals surface area contributed by atoms with Crippen LogP contribution in [0.4, 0.5) is 4.79 Å². The van der Waals surface area contributed by atoms with E-state index in [9.17, 15) is 4.79 Å². The summed E-state index contributed by atoms with van der Waals surface area (Å²) in [6.07, 6.45) is 7.42. The van der Waals surface area contributed by atoms with Gasteiger partial charge in [-0.25, -0.2) is 4.79 Å². The van der Waals surface area contributed by atoms with Crippen LogP contribution in [0.15, 0.2) is 23.8 Å². The van der Waals surface area contributed by atoms with Gasteiger partial charge in [-0.2, -0.15) is 0 Å². The van der Waals surface area contributed by atoms with Crippen molar-refractivity contribution in [2.24, 2.45) is 5.73 Å². The van der Waals surface area contributed by atoms with Crippen LogP contribution in [0, 0.1) is 0 Å². The molecule has 0 saturated heterocycles. The highest BCUT2D eigenvalue weighted by Gasteiger charge is 1.99. The van der Waals surface area contributed by atoms with E-state index in [0.717, 1.165) is 18.4 Å². The maximum absolute atomic E-state index is 10.2. The molecule has 1 aliphatic carbocycles. The van der Waals surface area contributed by atoms with E-state index < -0.39 is 6.09 Å². The van der Waals surface area contributed by atoms with Crippen LogP contribution in [-0.4, -0.2) is 12.7 Å². The zero-order chi connectivity index (χ0) is 8.10. The molecule has 0 saturated carbocycles. The second kappa shape index (κ2) is 3.81. The van der Waals surface area contributed by atoms with Crippen molar-refractivity contribution in [2.75, 3.05) is 6.61 Å². The second-order valence-corrected chi connectivity index (χ2v) is 2.37. The van der Waals surface area contributed by atoms with Gasteiger partial charge in [0.05, 0.1) is 0 Å². The van der Waals surface area contributed by atoms with Gasteiger partial charge in [-0.1, -0.05) is 18.2 Å². The average molecular weight is 153 g/mol. The summed E-state index contributed by atoms with van der Waals surface area (Å²) in [5.74, 6) is 0. The highest BCUT2D eigenvalue weighted by atomic mass is 16.5. The molecule has 3 heteroatoms. The van der Waals surface area contributed by atoms with Crippen molar-refractivity contribution >= 4 is 6.09 Å². The summed E-state index contributed by atoms with van der Waals surface area (Å²) < 4.78 is 4.60. The first-order valence-corrected chi connectivity index (χ1v) is 3.57. The molecule has 0 spiro atoms. The number of carbonyl (C=O) groups is 1. The molecule has 2 N–H and O–H groups in total. The van der Waals surface area contributed by atoms with Crippen LogP contribution in [0.2, 0.25) is 0 Å². The minimum atomic E-state index is -0.718. The third-order valence-electron chi connectivity index (χ3n) is 1.45. The van der Waals surface area contributed by atoms with Gasteiger partial charge in [-0.05, 0) is 18.4 Å². The molecule has 1 aliphatic rings. The lowest BCUT2D eigenvalue weighted by Gasteiger charge is -2.05. The number of amides is 1. The fourth-order valence-corrected chi connectivity index (χ4v) is 0.929. The van der Waals surface area contributed by atoms with Gasteiger partial charge in [-0.3, -0.25) is 0 Å². The molecule has 60 valence electrons. The normalized spacial score (nSPS) is 15.8. The van der Waals surface area contributed by atoms with E-state index in [1.807, 2.05) is 12.2 Å². The van der Waals surface area contributed by atoms with Gasteiger partial charge < -0.3 is 10.5 Å². The lowest BCUT2D eigenvalue weighted by molar-refractivity contribution is 0.167. The Hall–Kier alpha value is -1.25. The lowest BCUT2D eigenvalue weighted by Crippen LogP contribution is -2.14. The highest BCUT2D eigenvalue weighted by molar-refractivity contribution is 5.64. The quantitative estimate of drug-likeness (QED) is 0.651. The average Bonchev–Trinajstić information content (AvgIpc) is 2.03. The Morgan fingerprint density at radius 3 is 3.00 bits per heavy atom. The smallest absolute Gasteiger partial charge is 0.404 e. The molecule has 1 rings (SSSR count). The highest BCUT2D eigenvalue weighted by Crippen LogP contribution is 2.09. The number of nitrogens with two attached hydrogens (primary N) is 1. The molecular formula is C8H11NO2. The van der Waals surface area contributed by atoms with Crippen molar-refractivity contribution in [2.45, 2.75) is 12.8 Å². The fraction of sp³-hybridized carbons (Fsp3) is 0.375. The summed E-state index contributed by atoms with van der Waals surface area (Å²) in [5.41, 5.74) is 5.82. The Bertz CT molecular complexity index is 206. The summed E-state index contributed by atoms with van der Waals surface area (Å²) in [6.45, 7) is 0.297. The minimum absolute atomic E-state index is 0.297. The molecule has 0 atom stereocenters. The zero-order valence-corrected chi connectivity index (χ0v) is 6.25. The molecule has 0 aromatic carbocycles. The largest absolute Gasteiger partial charge is 0.445 e. The summed E-state index contributed by atoms with van der Waals surface area (Å²) >= 11 is 0. The summed E-state index contributed by atoms with van der Waals surface area (Å²) in [5, 5.41) is 0. The minimum Gasteiger partial charge on any atom is -0.445 e. The van der Waals surface area contributed by atoms with Crippen LogP contribution in [0.25, 0.3) is 0 Å². The number of rotatable bonds is 2. The first-order valence-electron chi connectivity index (χ1n) is 3.57. The van der Waals surface area contributed by atoms with Gasteiger partial charge >= 0.3 is 6.09 Å². The van der Waals surface area contributed by atoms with Crippen molar-refractivity contribution in [1.29, 1.82) is 0 Å². The molecular weight excluding hydrogens is 142 g/mol. The van der Waals surface area contributed by atoms with Crippen LogP contribution in [0.3, 0.4) is 0 Å². The molecule has 0 aromatic heterocycles. The van der Waals surface area contributed by atoms with Gasteiger partial charge in [-0.15, -0.1) is 0 Å². The monoisotopic (exact) mass is 153 g/mol. The van der Waals surface area contributed by atoms with Crippen LogP contribution in [0.1, 0.15) is 12.8 Å². The summed E-state index contributed by atoms with van der Waals surface area (Å²) in [7, 11) is 0. The van der Waals surface area contributed by atoms with Crippen LogP contribution >= 0.6 is 0 Å². The molecule has 0 fully saturated rings. The zero-order valence-electron chi connectivity index (χ0n) is 6.25. The van der Waals surface area contributed by atoms with Gasteiger partial charge in [0.2, 0.25) is 0 Å². The van der Waals surface area contributed by atoms with Crippen molar-refractivity contribution < 1.29 is 9.53 Å². The Morgan fingerprint density at radius 2 is 2.45 bits per heavy atom. The van der Waals surface area contributed by atoms with E-state index in [-0.39, 0.29) is 0 Å². The van der Waals surface area contributed by atoms with Crippen molar-refractivity contribution in [3.63, 3.8) is 0 Å². The number of carbonyl (C=O) groups excluding carboxylic acids is 1. The molecule has 0 bridgehead atoms. The van der Waals surface area contributed by atoms with Gasteiger partial charge in [0.15, 0.2) is 0 Å². The lowest BCUT2D eigenvalue weighted by atomic mass is 10.1. The molecule has 0 radical (unpaired) electrons.